The van der Waals surface area contributed by atoms with Gasteiger partial charge in [-0.2, -0.15) is 0 Å². The molecule has 0 aliphatic carbocycles. The summed E-state index contributed by atoms with van der Waals surface area (Å²) in [6.45, 7) is 3.70. The molecule has 0 radical (unpaired) electrons. The highest BCUT2D eigenvalue weighted by molar-refractivity contribution is 7.99. The monoisotopic (exact) mass is 389 g/mol. The third-order valence-corrected chi connectivity index (χ3v) is 4.70. The van der Waals surface area contributed by atoms with Crippen LogP contribution in [0, 0.1) is 0 Å². The van der Waals surface area contributed by atoms with Crippen LogP contribution in [0.1, 0.15) is 12.7 Å². The quantitative estimate of drug-likeness (QED) is 0.394. The van der Waals surface area contributed by atoms with Gasteiger partial charge in [-0.05, 0) is 43.3 Å². The van der Waals surface area contributed by atoms with E-state index < -0.39 is 0 Å². The summed E-state index contributed by atoms with van der Waals surface area (Å²) in [4.78, 5) is 0. The summed E-state index contributed by atoms with van der Waals surface area (Å²) in [7, 11) is 0. The van der Waals surface area contributed by atoms with Gasteiger partial charge in [0.2, 0.25) is 0 Å². The van der Waals surface area contributed by atoms with Crippen LogP contribution in [0.2, 0.25) is 5.02 Å². The average Bonchev–Trinajstić information content (AvgIpc) is 3.08. The molecule has 0 aliphatic rings. The Morgan fingerprint density at radius 1 is 1.04 bits per heavy atom. The molecule has 5 nitrogen and oxygen atoms in total. The van der Waals surface area contributed by atoms with Gasteiger partial charge in [0.15, 0.2) is 11.0 Å². The molecule has 0 bridgehead atoms. The van der Waals surface area contributed by atoms with Gasteiger partial charge in [-0.1, -0.05) is 41.6 Å². The second-order valence-electron chi connectivity index (χ2n) is 5.36. The Bertz CT molecular complexity index is 809. The third kappa shape index (κ3) is 5.00. The molecule has 0 aliphatic heterocycles. The summed E-state index contributed by atoms with van der Waals surface area (Å²) in [5.41, 5.74) is 1.01. The topological polar surface area (TPSA) is 49.2 Å². The van der Waals surface area contributed by atoms with E-state index in [1.165, 1.54) is 0 Å². The van der Waals surface area contributed by atoms with Gasteiger partial charge >= 0.3 is 0 Å². The zero-order valence-electron chi connectivity index (χ0n) is 14.5. The Balaban J connectivity index is 1.77. The van der Waals surface area contributed by atoms with Crippen LogP contribution in [0.25, 0.3) is 5.69 Å². The first-order valence-electron chi connectivity index (χ1n) is 8.36. The first kappa shape index (κ1) is 18.8. The zero-order valence-corrected chi connectivity index (χ0v) is 16.0. The molecule has 0 atom stereocenters. The maximum atomic E-state index is 5.91. The highest BCUT2D eigenvalue weighted by atomic mass is 35.5. The van der Waals surface area contributed by atoms with Crippen LogP contribution < -0.4 is 4.74 Å². The van der Waals surface area contributed by atoms with Gasteiger partial charge in [-0.25, -0.2) is 0 Å². The molecular weight excluding hydrogens is 370 g/mol. The molecular formula is C19H20ClN3O2S. The number of ether oxygens (including phenoxy) is 2. The maximum absolute atomic E-state index is 5.91. The summed E-state index contributed by atoms with van der Waals surface area (Å²) < 4.78 is 13.3. The average molecular weight is 390 g/mol. The van der Waals surface area contributed by atoms with Crippen molar-refractivity contribution in [2.45, 2.75) is 18.7 Å². The summed E-state index contributed by atoms with van der Waals surface area (Å²) in [5, 5.41) is 10.2. The van der Waals surface area contributed by atoms with Crippen LogP contribution in [-0.4, -0.2) is 33.7 Å². The first-order chi connectivity index (χ1) is 12.8. The largest absolute Gasteiger partial charge is 0.486 e. The van der Waals surface area contributed by atoms with Gasteiger partial charge in [-0.3, -0.25) is 4.57 Å². The molecule has 0 unspecified atom stereocenters. The molecule has 7 heteroatoms. The first-order valence-corrected chi connectivity index (χ1v) is 9.73. The molecule has 0 fully saturated rings. The summed E-state index contributed by atoms with van der Waals surface area (Å²) in [6, 6.07) is 17.3. The lowest BCUT2D eigenvalue weighted by atomic mass is 10.3. The number of nitrogens with zero attached hydrogens (tertiary/aromatic N) is 3. The van der Waals surface area contributed by atoms with Crippen LogP contribution in [0.4, 0.5) is 0 Å². The van der Waals surface area contributed by atoms with Crippen LogP contribution in [-0.2, 0) is 11.3 Å². The minimum absolute atomic E-state index is 0.315. The fourth-order valence-electron chi connectivity index (χ4n) is 2.34. The summed E-state index contributed by atoms with van der Waals surface area (Å²) >= 11 is 7.53. The van der Waals surface area contributed by atoms with E-state index in [4.69, 9.17) is 21.1 Å². The standard InChI is InChI=1S/C19H20ClN3O2S/c1-2-24-12-13-26-19-22-21-18(23(19)16-6-4-3-5-7-16)14-25-17-10-8-15(20)9-11-17/h3-11H,2,12-14H2,1H3. The number of para-hydroxylation sites is 1. The Morgan fingerprint density at radius 2 is 1.81 bits per heavy atom. The Kier molecular flexibility index (Phi) is 6.94. The lowest BCUT2D eigenvalue weighted by molar-refractivity contribution is 0.164. The molecule has 1 heterocycles. The minimum atomic E-state index is 0.315. The van der Waals surface area contributed by atoms with Crippen molar-refractivity contribution in [3.63, 3.8) is 0 Å². The van der Waals surface area contributed by atoms with E-state index in [2.05, 4.69) is 10.2 Å². The van der Waals surface area contributed by atoms with Crippen molar-refractivity contribution in [1.82, 2.24) is 14.8 Å². The van der Waals surface area contributed by atoms with Gasteiger partial charge in [0.1, 0.15) is 12.4 Å². The number of thioether (sulfide) groups is 1. The summed E-state index contributed by atoms with van der Waals surface area (Å²) in [6.07, 6.45) is 0. The van der Waals surface area contributed by atoms with E-state index in [0.29, 0.717) is 24.8 Å². The number of benzene rings is 2. The van der Waals surface area contributed by atoms with Crippen molar-refractivity contribution in [1.29, 1.82) is 0 Å². The predicted molar refractivity (Wildman–Crippen MR) is 104 cm³/mol. The van der Waals surface area contributed by atoms with E-state index in [0.717, 1.165) is 28.2 Å². The molecule has 2 aromatic carbocycles. The van der Waals surface area contributed by atoms with Gasteiger partial charge in [0.25, 0.3) is 0 Å². The Labute approximate surface area is 162 Å². The molecule has 0 spiro atoms. The summed E-state index contributed by atoms with van der Waals surface area (Å²) in [5.74, 6) is 2.30. The number of hydrogen-bond acceptors (Lipinski definition) is 5. The van der Waals surface area contributed by atoms with Gasteiger partial charge < -0.3 is 9.47 Å². The maximum Gasteiger partial charge on any atom is 0.196 e. The Hall–Kier alpha value is -2.02. The molecule has 3 rings (SSSR count). The van der Waals surface area contributed by atoms with Gasteiger partial charge in [-0.15, -0.1) is 10.2 Å². The van der Waals surface area contributed by atoms with Crippen LogP contribution in [0.5, 0.6) is 5.75 Å². The lowest BCUT2D eigenvalue weighted by Crippen LogP contribution is -2.07. The fraction of sp³-hybridized carbons (Fsp3) is 0.263. The number of rotatable bonds is 9. The molecule has 1 aromatic heterocycles. The third-order valence-electron chi connectivity index (χ3n) is 3.56. The molecule has 3 aromatic rings. The predicted octanol–water partition coefficient (Wildman–Crippen LogP) is 4.63. The normalized spacial score (nSPS) is 10.8. The lowest BCUT2D eigenvalue weighted by Gasteiger charge is -2.11. The van der Waals surface area contributed by atoms with Gasteiger partial charge in [0, 0.05) is 23.1 Å². The van der Waals surface area contributed by atoms with Crippen LogP contribution in [0.3, 0.4) is 0 Å². The Morgan fingerprint density at radius 3 is 2.54 bits per heavy atom. The molecule has 0 amide bonds. The van der Waals surface area contributed by atoms with Crippen LogP contribution >= 0.6 is 23.4 Å². The van der Waals surface area contributed by atoms with Crippen molar-refractivity contribution in [3.8, 4) is 11.4 Å². The van der Waals surface area contributed by atoms with Crippen molar-refractivity contribution in [2.24, 2.45) is 0 Å². The van der Waals surface area contributed by atoms with Crippen molar-refractivity contribution < 1.29 is 9.47 Å². The molecule has 26 heavy (non-hydrogen) atoms. The van der Waals surface area contributed by atoms with Crippen molar-refractivity contribution >= 4 is 23.4 Å². The SMILES string of the molecule is CCOCCSc1nnc(COc2ccc(Cl)cc2)n1-c1ccccc1. The second-order valence-corrected chi connectivity index (χ2v) is 6.86. The van der Waals surface area contributed by atoms with E-state index in [1.807, 2.05) is 54.0 Å². The fourth-order valence-corrected chi connectivity index (χ4v) is 3.29. The van der Waals surface area contributed by atoms with Crippen LogP contribution in [0.15, 0.2) is 59.8 Å². The highest BCUT2D eigenvalue weighted by Gasteiger charge is 2.15. The zero-order chi connectivity index (χ0) is 18.2. The number of halogens is 1. The molecule has 136 valence electrons. The van der Waals surface area contributed by atoms with E-state index >= 15 is 0 Å². The van der Waals surface area contributed by atoms with E-state index in [9.17, 15) is 0 Å². The van der Waals surface area contributed by atoms with Crippen molar-refractivity contribution in [3.05, 3.63) is 65.4 Å². The highest BCUT2D eigenvalue weighted by Crippen LogP contribution is 2.23. The number of aromatic nitrogens is 3. The smallest absolute Gasteiger partial charge is 0.196 e. The van der Waals surface area contributed by atoms with E-state index in [1.54, 1.807) is 23.9 Å². The number of hydrogen-bond donors (Lipinski definition) is 0. The molecule has 0 N–H and O–H groups in total. The van der Waals surface area contributed by atoms with E-state index in [-0.39, 0.29) is 0 Å². The van der Waals surface area contributed by atoms with Gasteiger partial charge in [0.05, 0.1) is 6.61 Å². The minimum Gasteiger partial charge on any atom is -0.486 e. The van der Waals surface area contributed by atoms with Crippen molar-refractivity contribution in [2.75, 3.05) is 19.0 Å². The second kappa shape index (κ2) is 9.62. The molecule has 0 saturated heterocycles. The molecule has 0 saturated carbocycles.